The van der Waals surface area contributed by atoms with Crippen LogP contribution < -0.4 is 0 Å². The second kappa shape index (κ2) is 5.98. The average molecular weight is 401 g/mol. The summed E-state index contributed by atoms with van der Waals surface area (Å²) in [6.45, 7) is 4.14. The van der Waals surface area contributed by atoms with Crippen LogP contribution in [-0.2, 0) is 23.4 Å². The molecule has 140 valence electrons. The minimum atomic E-state index is -3.27. The number of likely N-dealkylation sites (tertiary alicyclic amines) is 1. The number of fused-ring (bicyclic) bond motifs is 3. The van der Waals surface area contributed by atoms with Crippen LogP contribution in [0.3, 0.4) is 0 Å². The fourth-order valence-corrected chi connectivity index (χ4v) is 7.30. The Hall–Kier alpha value is -2.03. The maximum absolute atomic E-state index is 13.1. The Morgan fingerprint density at radius 3 is 2.81 bits per heavy atom. The van der Waals surface area contributed by atoms with Crippen molar-refractivity contribution in [3.8, 4) is 11.1 Å². The van der Waals surface area contributed by atoms with Crippen molar-refractivity contribution < 1.29 is 8.42 Å². The van der Waals surface area contributed by atoms with Crippen LogP contribution in [0.1, 0.15) is 22.1 Å². The normalized spacial score (nSPS) is 23.5. The molecule has 1 aromatic carbocycles. The van der Waals surface area contributed by atoms with E-state index in [1.807, 2.05) is 37.9 Å². The molecular weight excluding hydrogens is 380 g/mol. The van der Waals surface area contributed by atoms with Gasteiger partial charge in [-0.25, -0.2) is 13.4 Å². The Kier molecular flexibility index (Phi) is 3.79. The van der Waals surface area contributed by atoms with E-state index in [1.54, 1.807) is 22.1 Å². The van der Waals surface area contributed by atoms with Crippen LogP contribution in [0.5, 0.6) is 0 Å². The minimum absolute atomic E-state index is 0.0369. The van der Waals surface area contributed by atoms with Crippen molar-refractivity contribution >= 4 is 21.2 Å². The summed E-state index contributed by atoms with van der Waals surface area (Å²) in [6, 6.07) is 5.73. The fraction of sp³-hybridized carbons (Fsp3) is 0.368. The Labute approximate surface area is 162 Å². The van der Waals surface area contributed by atoms with E-state index in [1.165, 1.54) is 4.88 Å². The van der Waals surface area contributed by atoms with Crippen molar-refractivity contribution in [1.82, 2.24) is 19.7 Å². The van der Waals surface area contributed by atoms with E-state index in [4.69, 9.17) is 0 Å². The third kappa shape index (κ3) is 2.66. The van der Waals surface area contributed by atoms with Gasteiger partial charge in [0.2, 0.25) is 0 Å². The van der Waals surface area contributed by atoms with E-state index >= 15 is 0 Å². The molecule has 8 heteroatoms. The molecule has 2 aliphatic heterocycles. The number of aryl methyl sites for hydroxylation is 2. The van der Waals surface area contributed by atoms with Gasteiger partial charge >= 0.3 is 0 Å². The zero-order chi connectivity index (χ0) is 18.8. The molecule has 0 bridgehead atoms. The van der Waals surface area contributed by atoms with Crippen molar-refractivity contribution in [2.24, 2.45) is 7.05 Å². The summed E-state index contributed by atoms with van der Waals surface area (Å²) in [5.74, 6) is 0.0369. The largest absolute Gasteiger partial charge is 0.296 e. The van der Waals surface area contributed by atoms with E-state index in [-0.39, 0.29) is 11.2 Å². The third-order valence-corrected chi connectivity index (χ3v) is 8.89. The highest BCUT2D eigenvalue weighted by Crippen LogP contribution is 2.46. The van der Waals surface area contributed by atoms with Crippen LogP contribution in [-0.4, -0.2) is 46.4 Å². The Morgan fingerprint density at radius 1 is 1.26 bits per heavy atom. The fourth-order valence-electron chi connectivity index (χ4n) is 4.29. The number of benzene rings is 1. The van der Waals surface area contributed by atoms with Crippen LogP contribution >= 0.6 is 11.3 Å². The predicted octanol–water partition coefficient (Wildman–Crippen LogP) is 2.61. The molecule has 0 saturated carbocycles. The van der Waals surface area contributed by atoms with Gasteiger partial charge in [0.25, 0.3) is 0 Å². The number of thiazole rings is 1. The number of nitrogens with zero attached hydrogens (tertiary/aromatic N) is 4. The number of sulfone groups is 1. The van der Waals surface area contributed by atoms with Gasteiger partial charge in [-0.2, -0.15) is 5.10 Å². The quantitative estimate of drug-likeness (QED) is 0.676. The van der Waals surface area contributed by atoms with Gasteiger partial charge in [0.05, 0.1) is 27.5 Å². The maximum atomic E-state index is 13.1. The van der Waals surface area contributed by atoms with Crippen LogP contribution in [0.4, 0.5) is 0 Å². The highest BCUT2D eigenvalue weighted by atomic mass is 32.2. The summed E-state index contributed by atoms with van der Waals surface area (Å²) in [5, 5.41) is 3.89. The van der Waals surface area contributed by atoms with Gasteiger partial charge in [0.1, 0.15) is 0 Å². The van der Waals surface area contributed by atoms with Gasteiger partial charge in [-0.05, 0) is 30.2 Å². The monoisotopic (exact) mass is 400 g/mol. The van der Waals surface area contributed by atoms with Gasteiger partial charge in [-0.1, -0.05) is 6.07 Å². The number of aromatic nitrogens is 3. The molecule has 0 unspecified atom stereocenters. The Balaban J connectivity index is 1.49. The lowest BCUT2D eigenvalue weighted by molar-refractivity contribution is 0.327. The molecule has 27 heavy (non-hydrogen) atoms. The molecule has 2 atom stereocenters. The van der Waals surface area contributed by atoms with E-state index in [9.17, 15) is 8.42 Å². The van der Waals surface area contributed by atoms with Crippen LogP contribution in [0.25, 0.3) is 11.1 Å². The smallest absolute Gasteiger partial charge is 0.183 e. The zero-order valence-corrected chi connectivity index (χ0v) is 16.8. The Bertz CT molecular complexity index is 1130. The third-order valence-electron chi connectivity index (χ3n) is 5.71. The first-order valence-corrected chi connectivity index (χ1v) is 11.3. The van der Waals surface area contributed by atoms with Crippen LogP contribution in [0.15, 0.2) is 41.0 Å². The highest BCUT2D eigenvalue weighted by Gasteiger charge is 2.50. The lowest BCUT2D eigenvalue weighted by atomic mass is 9.95. The number of hydrogen-bond donors (Lipinski definition) is 0. The van der Waals surface area contributed by atoms with Gasteiger partial charge in [-0.15, -0.1) is 11.3 Å². The summed E-state index contributed by atoms with van der Waals surface area (Å²) < 4.78 is 27.9. The number of hydrogen-bond acceptors (Lipinski definition) is 6. The molecule has 2 aromatic heterocycles. The second-order valence-corrected chi connectivity index (χ2v) is 10.5. The molecule has 6 nitrogen and oxygen atoms in total. The molecular formula is C19H20N4O2S2. The molecule has 0 N–H and O–H groups in total. The van der Waals surface area contributed by atoms with Crippen LogP contribution in [0.2, 0.25) is 0 Å². The first-order valence-electron chi connectivity index (χ1n) is 8.91. The molecule has 0 amide bonds. The maximum Gasteiger partial charge on any atom is 0.183 e. The molecule has 1 fully saturated rings. The molecule has 0 aliphatic carbocycles. The Morgan fingerprint density at radius 2 is 2.11 bits per heavy atom. The predicted molar refractivity (Wildman–Crippen MR) is 104 cm³/mol. The highest BCUT2D eigenvalue weighted by molar-refractivity contribution is 7.92. The van der Waals surface area contributed by atoms with Crippen molar-refractivity contribution in [2.45, 2.75) is 29.5 Å². The lowest BCUT2D eigenvalue weighted by Crippen LogP contribution is -2.25. The molecule has 0 spiro atoms. The van der Waals surface area contributed by atoms with Crippen molar-refractivity contribution in [2.75, 3.05) is 13.1 Å². The molecule has 3 aromatic rings. The summed E-state index contributed by atoms with van der Waals surface area (Å²) in [6.07, 6.45) is 3.77. The summed E-state index contributed by atoms with van der Waals surface area (Å²) in [5.41, 5.74) is 5.89. The second-order valence-electron chi connectivity index (χ2n) is 7.40. The van der Waals surface area contributed by atoms with Gasteiger partial charge in [-0.3, -0.25) is 9.58 Å². The molecule has 5 rings (SSSR count). The van der Waals surface area contributed by atoms with Crippen molar-refractivity contribution in [3.05, 3.63) is 52.2 Å². The lowest BCUT2D eigenvalue weighted by Gasteiger charge is -2.16. The van der Waals surface area contributed by atoms with Crippen LogP contribution in [0, 0.1) is 6.92 Å². The van der Waals surface area contributed by atoms with Gasteiger partial charge in [0, 0.05) is 49.2 Å². The zero-order valence-electron chi connectivity index (χ0n) is 15.2. The first kappa shape index (κ1) is 17.1. The summed E-state index contributed by atoms with van der Waals surface area (Å²) in [4.78, 5) is 8.30. The van der Waals surface area contributed by atoms with Crippen molar-refractivity contribution in [1.29, 1.82) is 0 Å². The summed E-state index contributed by atoms with van der Waals surface area (Å²) >= 11 is 1.64. The molecule has 4 heterocycles. The van der Waals surface area contributed by atoms with Gasteiger partial charge in [0.15, 0.2) is 9.84 Å². The topological polar surface area (TPSA) is 68.1 Å². The van der Waals surface area contributed by atoms with Crippen molar-refractivity contribution in [3.63, 3.8) is 0 Å². The average Bonchev–Trinajstić information content (AvgIpc) is 3.38. The van der Waals surface area contributed by atoms with Gasteiger partial charge < -0.3 is 0 Å². The number of rotatable bonds is 3. The first-order chi connectivity index (χ1) is 12.9. The van der Waals surface area contributed by atoms with E-state index < -0.39 is 9.84 Å². The van der Waals surface area contributed by atoms with E-state index in [0.29, 0.717) is 11.4 Å². The van der Waals surface area contributed by atoms with E-state index in [0.717, 1.165) is 35.5 Å². The molecule has 1 saturated heterocycles. The van der Waals surface area contributed by atoms with E-state index in [2.05, 4.69) is 21.0 Å². The standard InChI is InChI=1S/C19H20N4O2S2/c1-12-17(26-11-20-12)9-23-8-16-15-5-13(14-6-21-22(2)7-14)3-4-18(15)27(24,25)19(16)10-23/h3-7,11,16,19H,8-10H2,1-2H3/t16-,19+/m0/s1. The molecule has 0 radical (unpaired) electrons. The minimum Gasteiger partial charge on any atom is -0.296 e. The SMILES string of the molecule is Cc1ncsc1CN1C[C@@H]2[C@@H](C1)c1cc(-c3cnn(C)c3)ccc1S2(=O)=O. The molecule has 2 aliphatic rings. The summed E-state index contributed by atoms with van der Waals surface area (Å²) in [7, 11) is -1.39.